The standard InChI is InChI=1S/C11H19N3S/c1-9-8-15-11(13-9)3-2-5-14-6-4-10(12)7-14/h8,10H,2-7,12H2,1H3. The molecule has 0 saturated carbocycles. The van der Waals surface area contributed by atoms with E-state index in [0.29, 0.717) is 6.04 Å². The molecule has 1 fully saturated rings. The van der Waals surface area contributed by atoms with Gasteiger partial charge in [-0.15, -0.1) is 11.3 Å². The summed E-state index contributed by atoms with van der Waals surface area (Å²) in [5, 5.41) is 3.40. The lowest BCUT2D eigenvalue weighted by Gasteiger charge is -2.13. The Labute approximate surface area is 95.3 Å². The molecular weight excluding hydrogens is 206 g/mol. The molecule has 1 atom stereocenters. The predicted molar refractivity (Wildman–Crippen MR) is 64.2 cm³/mol. The van der Waals surface area contributed by atoms with Crippen LogP contribution in [0.1, 0.15) is 23.5 Å². The van der Waals surface area contributed by atoms with Gasteiger partial charge in [0.05, 0.1) is 5.01 Å². The van der Waals surface area contributed by atoms with Crippen molar-refractivity contribution in [1.82, 2.24) is 9.88 Å². The van der Waals surface area contributed by atoms with Crippen LogP contribution in [0.4, 0.5) is 0 Å². The van der Waals surface area contributed by atoms with Crippen LogP contribution in [0.15, 0.2) is 5.38 Å². The van der Waals surface area contributed by atoms with E-state index >= 15 is 0 Å². The van der Waals surface area contributed by atoms with Crippen molar-refractivity contribution in [1.29, 1.82) is 0 Å². The Morgan fingerprint density at radius 3 is 3.13 bits per heavy atom. The van der Waals surface area contributed by atoms with E-state index in [0.717, 1.165) is 25.1 Å². The Morgan fingerprint density at radius 1 is 1.67 bits per heavy atom. The molecule has 15 heavy (non-hydrogen) atoms. The summed E-state index contributed by atoms with van der Waals surface area (Å²) in [5.74, 6) is 0. The minimum Gasteiger partial charge on any atom is -0.326 e. The van der Waals surface area contributed by atoms with Crippen molar-refractivity contribution in [3.05, 3.63) is 16.1 Å². The highest BCUT2D eigenvalue weighted by Crippen LogP contribution is 2.12. The van der Waals surface area contributed by atoms with Gasteiger partial charge in [-0.1, -0.05) is 0 Å². The normalized spacial score (nSPS) is 22.4. The first-order valence-electron chi connectivity index (χ1n) is 5.63. The van der Waals surface area contributed by atoms with Gasteiger partial charge in [-0.25, -0.2) is 4.98 Å². The van der Waals surface area contributed by atoms with Crippen LogP contribution in [0, 0.1) is 6.92 Å². The fourth-order valence-electron chi connectivity index (χ4n) is 2.04. The molecule has 1 saturated heterocycles. The Bertz CT molecular complexity index is 311. The summed E-state index contributed by atoms with van der Waals surface area (Å²) in [6.45, 7) is 5.49. The average molecular weight is 225 g/mol. The van der Waals surface area contributed by atoms with E-state index in [4.69, 9.17) is 5.73 Å². The van der Waals surface area contributed by atoms with Gasteiger partial charge < -0.3 is 10.6 Å². The molecule has 4 heteroatoms. The SMILES string of the molecule is Cc1csc(CCCN2CCC(N)C2)n1. The fraction of sp³-hybridized carbons (Fsp3) is 0.727. The lowest BCUT2D eigenvalue weighted by atomic mass is 10.3. The number of aryl methyl sites for hydroxylation is 2. The van der Waals surface area contributed by atoms with Crippen molar-refractivity contribution in [3.8, 4) is 0 Å². The van der Waals surface area contributed by atoms with E-state index in [1.54, 1.807) is 11.3 Å². The zero-order chi connectivity index (χ0) is 10.7. The van der Waals surface area contributed by atoms with Crippen LogP contribution in [-0.4, -0.2) is 35.6 Å². The molecule has 2 N–H and O–H groups in total. The lowest BCUT2D eigenvalue weighted by Crippen LogP contribution is -2.27. The van der Waals surface area contributed by atoms with Crippen molar-refractivity contribution >= 4 is 11.3 Å². The molecule has 1 aromatic rings. The topological polar surface area (TPSA) is 42.1 Å². The largest absolute Gasteiger partial charge is 0.326 e. The third kappa shape index (κ3) is 3.26. The molecular formula is C11H19N3S. The number of hydrogen-bond donors (Lipinski definition) is 1. The van der Waals surface area contributed by atoms with E-state index in [2.05, 4.69) is 22.2 Å². The van der Waals surface area contributed by atoms with E-state index in [-0.39, 0.29) is 0 Å². The van der Waals surface area contributed by atoms with Crippen molar-refractivity contribution in [2.24, 2.45) is 5.73 Å². The molecule has 3 nitrogen and oxygen atoms in total. The average Bonchev–Trinajstić information content (AvgIpc) is 2.76. The second-order valence-corrected chi connectivity index (χ2v) is 5.28. The number of nitrogens with two attached hydrogens (primary N) is 1. The number of nitrogens with zero attached hydrogens (tertiary/aromatic N) is 2. The lowest BCUT2D eigenvalue weighted by molar-refractivity contribution is 0.329. The first-order chi connectivity index (χ1) is 7.24. The maximum Gasteiger partial charge on any atom is 0.0928 e. The summed E-state index contributed by atoms with van der Waals surface area (Å²) in [5.41, 5.74) is 7.01. The van der Waals surface area contributed by atoms with Crippen LogP contribution < -0.4 is 5.73 Å². The second kappa shape index (κ2) is 5.05. The molecule has 1 unspecified atom stereocenters. The molecule has 0 aromatic carbocycles. The summed E-state index contributed by atoms with van der Waals surface area (Å²) in [4.78, 5) is 6.93. The maximum absolute atomic E-state index is 5.86. The molecule has 1 aromatic heterocycles. The fourth-order valence-corrected chi connectivity index (χ4v) is 2.86. The number of hydrogen-bond acceptors (Lipinski definition) is 4. The van der Waals surface area contributed by atoms with E-state index in [9.17, 15) is 0 Å². The zero-order valence-electron chi connectivity index (χ0n) is 9.28. The highest BCUT2D eigenvalue weighted by atomic mass is 32.1. The summed E-state index contributed by atoms with van der Waals surface area (Å²) in [7, 11) is 0. The van der Waals surface area contributed by atoms with Crippen LogP contribution in [0.2, 0.25) is 0 Å². The number of likely N-dealkylation sites (tertiary alicyclic amines) is 1. The third-order valence-corrected chi connectivity index (χ3v) is 3.87. The first kappa shape index (κ1) is 11.0. The van der Waals surface area contributed by atoms with Gasteiger partial charge in [0.15, 0.2) is 0 Å². The van der Waals surface area contributed by atoms with Crippen LogP contribution in [-0.2, 0) is 6.42 Å². The molecule has 2 heterocycles. The molecule has 2 rings (SSSR count). The van der Waals surface area contributed by atoms with Gasteiger partial charge in [0, 0.05) is 30.1 Å². The minimum absolute atomic E-state index is 0.409. The quantitative estimate of drug-likeness (QED) is 0.842. The molecule has 1 aliphatic rings. The summed E-state index contributed by atoms with van der Waals surface area (Å²) in [6.07, 6.45) is 3.49. The third-order valence-electron chi connectivity index (χ3n) is 2.84. The Kier molecular flexibility index (Phi) is 3.72. The molecule has 1 aliphatic heterocycles. The molecule has 0 amide bonds. The molecule has 0 radical (unpaired) electrons. The highest BCUT2D eigenvalue weighted by Gasteiger charge is 2.17. The smallest absolute Gasteiger partial charge is 0.0928 e. The number of rotatable bonds is 4. The summed E-state index contributed by atoms with van der Waals surface area (Å²) >= 11 is 1.78. The monoisotopic (exact) mass is 225 g/mol. The second-order valence-electron chi connectivity index (χ2n) is 4.34. The first-order valence-corrected chi connectivity index (χ1v) is 6.51. The van der Waals surface area contributed by atoms with Gasteiger partial charge in [0.1, 0.15) is 0 Å². The van der Waals surface area contributed by atoms with Crippen molar-refractivity contribution in [2.45, 2.75) is 32.2 Å². The van der Waals surface area contributed by atoms with Gasteiger partial charge >= 0.3 is 0 Å². The van der Waals surface area contributed by atoms with Crippen LogP contribution >= 0.6 is 11.3 Å². The van der Waals surface area contributed by atoms with Crippen LogP contribution in [0.25, 0.3) is 0 Å². The van der Waals surface area contributed by atoms with Crippen LogP contribution in [0.5, 0.6) is 0 Å². The molecule has 0 aliphatic carbocycles. The van der Waals surface area contributed by atoms with Gasteiger partial charge in [-0.05, 0) is 32.9 Å². The van der Waals surface area contributed by atoms with Crippen LogP contribution in [0.3, 0.4) is 0 Å². The molecule has 84 valence electrons. The Hall–Kier alpha value is -0.450. The van der Waals surface area contributed by atoms with Crippen molar-refractivity contribution in [3.63, 3.8) is 0 Å². The predicted octanol–water partition coefficient (Wildman–Crippen LogP) is 1.42. The van der Waals surface area contributed by atoms with E-state index in [1.807, 2.05) is 0 Å². The number of aromatic nitrogens is 1. The zero-order valence-corrected chi connectivity index (χ0v) is 10.1. The van der Waals surface area contributed by atoms with Crippen molar-refractivity contribution < 1.29 is 0 Å². The van der Waals surface area contributed by atoms with Crippen molar-refractivity contribution in [2.75, 3.05) is 19.6 Å². The summed E-state index contributed by atoms with van der Waals surface area (Å²) in [6, 6.07) is 0.409. The molecule has 0 spiro atoms. The highest BCUT2D eigenvalue weighted by molar-refractivity contribution is 7.09. The van der Waals surface area contributed by atoms with Gasteiger partial charge in [0.2, 0.25) is 0 Å². The van der Waals surface area contributed by atoms with Gasteiger partial charge in [-0.2, -0.15) is 0 Å². The molecule has 0 bridgehead atoms. The Morgan fingerprint density at radius 2 is 2.53 bits per heavy atom. The van der Waals surface area contributed by atoms with Gasteiger partial charge in [-0.3, -0.25) is 0 Å². The number of thiazole rings is 1. The minimum atomic E-state index is 0.409. The van der Waals surface area contributed by atoms with Gasteiger partial charge in [0.25, 0.3) is 0 Å². The van der Waals surface area contributed by atoms with E-state index in [1.165, 1.54) is 24.5 Å². The summed E-state index contributed by atoms with van der Waals surface area (Å²) < 4.78 is 0. The Balaban J connectivity index is 1.67. The maximum atomic E-state index is 5.86. The van der Waals surface area contributed by atoms with E-state index < -0.39 is 0 Å².